The van der Waals surface area contributed by atoms with Gasteiger partial charge < -0.3 is 0 Å². The van der Waals surface area contributed by atoms with Crippen LogP contribution in [0.15, 0.2) is 0 Å². The molecule has 0 bridgehead atoms. The Hall–Kier alpha value is -0.0400. The number of piperidine rings is 1. The largest absolute Gasteiger partial charge is 0.229 e. The van der Waals surface area contributed by atoms with Crippen molar-refractivity contribution >= 4 is 0 Å². The predicted octanol–water partition coefficient (Wildman–Crippen LogP) is 3.11. The molecule has 1 radical (unpaired) electrons. The maximum atomic E-state index is 4.98. The molecule has 71 valence electrons. The molecular weight excluding hydrogens is 146 g/mol. The molecule has 1 nitrogen and oxygen atoms in total. The summed E-state index contributed by atoms with van der Waals surface area (Å²) >= 11 is 0. The first-order valence-electron chi connectivity index (χ1n) is 5.28. The Morgan fingerprint density at radius 1 is 1.00 bits per heavy atom. The van der Waals surface area contributed by atoms with Crippen LogP contribution in [0, 0.1) is 0 Å². The van der Waals surface area contributed by atoms with E-state index in [9.17, 15) is 0 Å². The van der Waals surface area contributed by atoms with Gasteiger partial charge in [-0.05, 0) is 46.0 Å². The topological polar surface area (TPSA) is 14.1 Å². The van der Waals surface area contributed by atoms with Gasteiger partial charge in [0, 0.05) is 11.1 Å². The Kier molecular flexibility index (Phi) is 2.82. The van der Waals surface area contributed by atoms with Crippen molar-refractivity contribution in [2.45, 2.75) is 70.9 Å². The molecule has 0 aromatic rings. The van der Waals surface area contributed by atoms with Gasteiger partial charge >= 0.3 is 0 Å². The van der Waals surface area contributed by atoms with Crippen molar-refractivity contribution in [3.05, 3.63) is 0 Å². The standard InChI is InChI=1S/C11H22N/c1-5-10(3)8-7-9-11(4,6-2)12-10/h5-9H2,1-4H3. The molecule has 0 aliphatic carbocycles. The fourth-order valence-corrected chi connectivity index (χ4v) is 2.13. The Balaban J connectivity index is 2.62. The van der Waals surface area contributed by atoms with Crippen molar-refractivity contribution in [2.24, 2.45) is 0 Å². The van der Waals surface area contributed by atoms with Crippen LogP contribution >= 0.6 is 0 Å². The first kappa shape index (κ1) is 10.0. The fourth-order valence-electron chi connectivity index (χ4n) is 2.13. The van der Waals surface area contributed by atoms with Gasteiger partial charge in [-0.3, -0.25) is 0 Å². The van der Waals surface area contributed by atoms with Crippen LogP contribution in [-0.2, 0) is 0 Å². The quantitative estimate of drug-likeness (QED) is 0.601. The van der Waals surface area contributed by atoms with E-state index in [-0.39, 0.29) is 11.1 Å². The summed E-state index contributed by atoms with van der Waals surface area (Å²) in [6.45, 7) is 9.12. The fraction of sp³-hybridized carbons (Fsp3) is 1.00. The lowest BCUT2D eigenvalue weighted by atomic mass is 9.78. The van der Waals surface area contributed by atoms with Gasteiger partial charge in [0.2, 0.25) is 0 Å². The highest BCUT2D eigenvalue weighted by Gasteiger charge is 2.37. The Morgan fingerprint density at radius 2 is 1.42 bits per heavy atom. The van der Waals surface area contributed by atoms with Gasteiger partial charge in [-0.1, -0.05) is 13.8 Å². The molecule has 0 spiro atoms. The van der Waals surface area contributed by atoms with Crippen molar-refractivity contribution in [1.29, 1.82) is 0 Å². The van der Waals surface area contributed by atoms with E-state index in [2.05, 4.69) is 27.7 Å². The molecule has 2 atom stereocenters. The highest BCUT2D eigenvalue weighted by atomic mass is 15.1. The van der Waals surface area contributed by atoms with Crippen LogP contribution in [0.4, 0.5) is 0 Å². The maximum Gasteiger partial charge on any atom is 0.0332 e. The lowest BCUT2D eigenvalue weighted by molar-refractivity contribution is 0.138. The minimum atomic E-state index is 0.281. The molecule has 1 heterocycles. The summed E-state index contributed by atoms with van der Waals surface area (Å²) in [5, 5.41) is 4.98. The van der Waals surface area contributed by atoms with E-state index in [0.717, 1.165) is 0 Å². The second kappa shape index (κ2) is 3.37. The van der Waals surface area contributed by atoms with Gasteiger partial charge in [0.25, 0.3) is 0 Å². The van der Waals surface area contributed by atoms with Crippen LogP contribution in [0.25, 0.3) is 0 Å². The summed E-state index contributed by atoms with van der Waals surface area (Å²) in [4.78, 5) is 0. The van der Waals surface area contributed by atoms with E-state index in [4.69, 9.17) is 5.32 Å². The minimum Gasteiger partial charge on any atom is -0.229 e. The number of rotatable bonds is 2. The Morgan fingerprint density at radius 3 is 1.75 bits per heavy atom. The SMILES string of the molecule is CCC1(C)CCCC(C)(CC)[N]1. The molecule has 0 N–H and O–H groups in total. The molecular formula is C11H22N. The predicted molar refractivity (Wildman–Crippen MR) is 53.4 cm³/mol. The molecule has 1 rings (SSSR count). The molecule has 0 saturated carbocycles. The van der Waals surface area contributed by atoms with Crippen molar-refractivity contribution in [3.8, 4) is 0 Å². The number of hydrogen-bond donors (Lipinski definition) is 0. The van der Waals surface area contributed by atoms with Crippen molar-refractivity contribution < 1.29 is 0 Å². The van der Waals surface area contributed by atoms with Crippen LogP contribution in [0.1, 0.15) is 59.8 Å². The Bertz CT molecular complexity index is 139. The second-order valence-corrected chi connectivity index (χ2v) is 4.67. The third-order valence-electron chi connectivity index (χ3n) is 3.49. The average molecular weight is 168 g/mol. The highest BCUT2D eigenvalue weighted by Crippen LogP contribution is 2.34. The highest BCUT2D eigenvalue weighted by molar-refractivity contribution is 4.96. The van der Waals surface area contributed by atoms with Gasteiger partial charge in [0.05, 0.1) is 0 Å². The van der Waals surface area contributed by atoms with Gasteiger partial charge in [-0.2, -0.15) is 0 Å². The molecule has 1 saturated heterocycles. The van der Waals surface area contributed by atoms with Gasteiger partial charge in [0.15, 0.2) is 0 Å². The third kappa shape index (κ3) is 2.01. The summed E-state index contributed by atoms with van der Waals surface area (Å²) in [6.07, 6.45) is 6.33. The van der Waals surface area contributed by atoms with Gasteiger partial charge in [-0.25, -0.2) is 5.32 Å². The van der Waals surface area contributed by atoms with Crippen molar-refractivity contribution in [3.63, 3.8) is 0 Å². The molecule has 1 aliphatic heterocycles. The zero-order valence-corrected chi connectivity index (χ0v) is 8.98. The molecule has 1 aliphatic rings. The molecule has 1 fully saturated rings. The van der Waals surface area contributed by atoms with Crippen LogP contribution < -0.4 is 5.32 Å². The van der Waals surface area contributed by atoms with Crippen LogP contribution in [0.5, 0.6) is 0 Å². The van der Waals surface area contributed by atoms with Crippen LogP contribution in [0.3, 0.4) is 0 Å². The summed E-state index contributed by atoms with van der Waals surface area (Å²) in [5.41, 5.74) is 0.562. The van der Waals surface area contributed by atoms with Gasteiger partial charge in [-0.15, -0.1) is 0 Å². The van der Waals surface area contributed by atoms with Crippen molar-refractivity contribution in [1.82, 2.24) is 5.32 Å². The van der Waals surface area contributed by atoms with Crippen LogP contribution in [-0.4, -0.2) is 11.1 Å². The molecule has 0 aromatic carbocycles. The molecule has 1 heteroatoms. The monoisotopic (exact) mass is 168 g/mol. The van der Waals surface area contributed by atoms with E-state index in [0.29, 0.717) is 0 Å². The summed E-state index contributed by atoms with van der Waals surface area (Å²) in [6, 6.07) is 0. The first-order chi connectivity index (χ1) is 5.54. The van der Waals surface area contributed by atoms with Crippen LogP contribution in [0.2, 0.25) is 0 Å². The Labute approximate surface area is 76.9 Å². The lowest BCUT2D eigenvalue weighted by Gasteiger charge is -2.43. The van der Waals surface area contributed by atoms with E-state index in [1.54, 1.807) is 0 Å². The molecule has 0 aromatic heterocycles. The molecule has 12 heavy (non-hydrogen) atoms. The summed E-state index contributed by atoms with van der Waals surface area (Å²) < 4.78 is 0. The molecule has 2 unspecified atom stereocenters. The second-order valence-electron chi connectivity index (χ2n) is 4.67. The van der Waals surface area contributed by atoms with E-state index in [1.807, 2.05) is 0 Å². The number of hydrogen-bond acceptors (Lipinski definition) is 0. The summed E-state index contributed by atoms with van der Waals surface area (Å²) in [7, 11) is 0. The van der Waals surface area contributed by atoms with E-state index in [1.165, 1.54) is 32.1 Å². The maximum absolute atomic E-state index is 4.98. The van der Waals surface area contributed by atoms with Gasteiger partial charge in [0.1, 0.15) is 0 Å². The lowest BCUT2D eigenvalue weighted by Crippen LogP contribution is -2.52. The molecule has 0 amide bonds. The zero-order chi connectivity index (χ0) is 9.24. The average Bonchev–Trinajstić information content (AvgIpc) is 2.05. The van der Waals surface area contributed by atoms with E-state index < -0.39 is 0 Å². The third-order valence-corrected chi connectivity index (χ3v) is 3.49. The van der Waals surface area contributed by atoms with E-state index >= 15 is 0 Å². The normalized spacial score (nSPS) is 43.0. The van der Waals surface area contributed by atoms with Crippen molar-refractivity contribution in [2.75, 3.05) is 0 Å². The zero-order valence-electron chi connectivity index (χ0n) is 8.98. The first-order valence-corrected chi connectivity index (χ1v) is 5.28. The minimum absolute atomic E-state index is 0.281. The summed E-state index contributed by atoms with van der Waals surface area (Å²) in [5.74, 6) is 0. The number of nitrogens with zero attached hydrogens (tertiary/aromatic N) is 1. The smallest absolute Gasteiger partial charge is 0.0332 e.